The Kier molecular flexibility index (Phi) is 5.33. The van der Waals surface area contributed by atoms with Gasteiger partial charge in [-0.2, -0.15) is 0 Å². The summed E-state index contributed by atoms with van der Waals surface area (Å²) in [5, 5.41) is 3.14. The molecule has 1 heterocycles. The minimum Gasteiger partial charge on any atom is -0.497 e. The summed E-state index contributed by atoms with van der Waals surface area (Å²) in [5.74, 6) is 0.756. The van der Waals surface area contributed by atoms with Crippen LogP contribution < -0.4 is 10.1 Å². The average Bonchev–Trinajstić information content (AvgIpc) is 3.42. The van der Waals surface area contributed by atoms with Gasteiger partial charge in [0.1, 0.15) is 5.75 Å². The maximum atomic E-state index is 12.3. The standard InChI is InChI=1S/C18H20ClN3O2/c1-24-15-8-4-13(5-9-15)11-22(14-6-7-14)12-17(23)21-16-3-2-10-20-18(16)19/h2-5,8-10,14H,6-7,11-12H2,1H3,(H,21,23). The van der Waals surface area contributed by atoms with E-state index in [1.807, 2.05) is 24.3 Å². The van der Waals surface area contributed by atoms with Crippen molar-refractivity contribution in [3.8, 4) is 5.75 Å². The lowest BCUT2D eigenvalue weighted by molar-refractivity contribution is -0.117. The minimum atomic E-state index is -0.0784. The number of carbonyl (C=O) groups excluding carboxylic acids is 1. The zero-order valence-corrected chi connectivity index (χ0v) is 14.3. The van der Waals surface area contributed by atoms with E-state index in [1.165, 1.54) is 0 Å². The summed E-state index contributed by atoms with van der Waals surface area (Å²) in [6, 6.07) is 11.9. The minimum absolute atomic E-state index is 0.0784. The van der Waals surface area contributed by atoms with Crippen molar-refractivity contribution in [2.45, 2.75) is 25.4 Å². The molecule has 1 aromatic carbocycles. The van der Waals surface area contributed by atoms with Gasteiger partial charge in [0.25, 0.3) is 0 Å². The molecule has 0 bridgehead atoms. The molecule has 0 unspecified atom stereocenters. The molecule has 0 radical (unpaired) electrons. The molecule has 2 aromatic rings. The van der Waals surface area contributed by atoms with Crippen molar-refractivity contribution in [2.75, 3.05) is 19.0 Å². The number of ether oxygens (including phenoxy) is 1. The lowest BCUT2D eigenvalue weighted by Gasteiger charge is -2.21. The Labute approximate surface area is 146 Å². The number of amides is 1. The number of aromatic nitrogens is 1. The maximum Gasteiger partial charge on any atom is 0.238 e. The molecule has 6 heteroatoms. The first-order valence-corrected chi connectivity index (χ1v) is 8.31. The first-order chi connectivity index (χ1) is 11.7. The summed E-state index contributed by atoms with van der Waals surface area (Å²) in [4.78, 5) is 18.5. The molecule has 0 atom stereocenters. The van der Waals surface area contributed by atoms with Crippen LogP contribution in [0.5, 0.6) is 5.75 Å². The maximum absolute atomic E-state index is 12.3. The van der Waals surface area contributed by atoms with Crippen LogP contribution in [0.1, 0.15) is 18.4 Å². The number of anilines is 1. The third-order valence-corrected chi connectivity index (χ3v) is 4.29. The number of methoxy groups -OCH3 is 1. The average molecular weight is 346 g/mol. The molecule has 0 saturated heterocycles. The zero-order chi connectivity index (χ0) is 16.9. The van der Waals surface area contributed by atoms with E-state index in [-0.39, 0.29) is 5.91 Å². The number of rotatable bonds is 7. The highest BCUT2D eigenvalue weighted by Gasteiger charge is 2.30. The Morgan fingerprint density at radius 1 is 1.33 bits per heavy atom. The molecular weight excluding hydrogens is 326 g/mol. The molecule has 1 aliphatic carbocycles. The summed E-state index contributed by atoms with van der Waals surface area (Å²) >= 11 is 5.99. The van der Waals surface area contributed by atoms with Gasteiger partial charge in [0.05, 0.1) is 19.3 Å². The van der Waals surface area contributed by atoms with E-state index in [1.54, 1.807) is 25.4 Å². The molecule has 3 rings (SSSR count). The molecule has 126 valence electrons. The third kappa shape index (κ3) is 4.46. The molecular formula is C18H20ClN3O2. The monoisotopic (exact) mass is 345 g/mol. The highest BCUT2D eigenvalue weighted by molar-refractivity contribution is 6.32. The second-order valence-electron chi connectivity index (χ2n) is 5.87. The lowest BCUT2D eigenvalue weighted by atomic mass is 10.2. The largest absolute Gasteiger partial charge is 0.497 e. The first kappa shape index (κ1) is 16.7. The summed E-state index contributed by atoms with van der Waals surface area (Å²) in [5.41, 5.74) is 1.71. The van der Waals surface area contributed by atoms with E-state index in [2.05, 4.69) is 15.2 Å². The van der Waals surface area contributed by atoms with Crippen LogP contribution in [0.25, 0.3) is 0 Å². The summed E-state index contributed by atoms with van der Waals surface area (Å²) in [6.07, 6.45) is 3.87. The van der Waals surface area contributed by atoms with Crippen molar-refractivity contribution in [1.82, 2.24) is 9.88 Å². The van der Waals surface area contributed by atoms with Gasteiger partial charge in [-0.3, -0.25) is 9.69 Å². The predicted molar refractivity (Wildman–Crippen MR) is 94.3 cm³/mol. The van der Waals surface area contributed by atoms with Crippen LogP contribution in [0.2, 0.25) is 5.15 Å². The van der Waals surface area contributed by atoms with Gasteiger partial charge in [-0.1, -0.05) is 23.7 Å². The Bertz CT molecular complexity index is 702. The predicted octanol–water partition coefficient (Wildman–Crippen LogP) is 3.35. The van der Waals surface area contributed by atoms with E-state index in [0.717, 1.165) is 30.7 Å². The summed E-state index contributed by atoms with van der Waals surface area (Å²) in [7, 11) is 1.65. The molecule has 1 fully saturated rings. The highest BCUT2D eigenvalue weighted by atomic mass is 35.5. The number of halogens is 1. The first-order valence-electron chi connectivity index (χ1n) is 7.93. The number of hydrogen-bond acceptors (Lipinski definition) is 4. The molecule has 1 aliphatic rings. The fraction of sp³-hybridized carbons (Fsp3) is 0.333. The van der Waals surface area contributed by atoms with E-state index >= 15 is 0 Å². The van der Waals surface area contributed by atoms with Crippen LogP contribution in [-0.2, 0) is 11.3 Å². The van der Waals surface area contributed by atoms with Gasteiger partial charge < -0.3 is 10.1 Å². The molecule has 0 aliphatic heterocycles. The van der Waals surface area contributed by atoms with Crippen LogP contribution in [0.4, 0.5) is 5.69 Å². The van der Waals surface area contributed by atoms with Crippen molar-refractivity contribution in [3.05, 3.63) is 53.3 Å². The Morgan fingerprint density at radius 3 is 2.71 bits per heavy atom. The molecule has 1 amide bonds. The number of carbonyl (C=O) groups is 1. The number of benzene rings is 1. The SMILES string of the molecule is COc1ccc(CN(CC(=O)Nc2cccnc2Cl)C2CC2)cc1. The second-order valence-corrected chi connectivity index (χ2v) is 6.23. The number of nitrogens with zero attached hydrogens (tertiary/aromatic N) is 2. The highest BCUT2D eigenvalue weighted by Crippen LogP contribution is 2.28. The number of hydrogen-bond donors (Lipinski definition) is 1. The van der Waals surface area contributed by atoms with Crippen LogP contribution in [0.15, 0.2) is 42.6 Å². The van der Waals surface area contributed by atoms with E-state index in [9.17, 15) is 4.79 Å². The Morgan fingerprint density at radius 2 is 2.08 bits per heavy atom. The Balaban J connectivity index is 1.61. The number of pyridine rings is 1. The molecule has 5 nitrogen and oxygen atoms in total. The quantitative estimate of drug-likeness (QED) is 0.782. The van der Waals surface area contributed by atoms with Crippen molar-refractivity contribution in [1.29, 1.82) is 0 Å². The molecule has 1 saturated carbocycles. The molecule has 1 aromatic heterocycles. The van der Waals surface area contributed by atoms with Crippen LogP contribution in [0.3, 0.4) is 0 Å². The van der Waals surface area contributed by atoms with Crippen molar-refractivity contribution in [2.24, 2.45) is 0 Å². The molecule has 24 heavy (non-hydrogen) atoms. The summed E-state index contributed by atoms with van der Waals surface area (Å²) in [6.45, 7) is 1.07. The van der Waals surface area contributed by atoms with Gasteiger partial charge in [0.2, 0.25) is 5.91 Å². The van der Waals surface area contributed by atoms with Gasteiger partial charge in [0.15, 0.2) is 5.15 Å². The van der Waals surface area contributed by atoms with Gasteiger partial charge in [-0.25, -0.2) is 4.98 Å². The topological polar surface area (TPSA) is 54.5 Å². The molecule has 0 spiro atoms. The van der Waals surface area contributed by atoms with Crippen molar-refractivity contribution >= 4 is 23.2 Å². The van der Waals surface area contributed by atoms with Crippen LogP contribution in [0, 0.1) is 0 Å². The van der Waals surface area contributed by atoms with E-state index in [0.29, 0.717) is 23.4 Å². The number of nitrogens with one attached hydrogen (secondary N) is 1. The normalized spacial score (nSPS) is 13.8. The van der Waals surface area contributed by atoms with Gasteiger partial charge >= 0.3 is 0 Å². The lowest BCUT2D eigenvalue weighted by Crippen LogP contribution is -2.34. The fourth-order valence-corrected chi connectivity index (χ4v) is 2.74. The van der Waals surface area contributed by atoms with E-state index in [4.69, 9.17) is 16.3 Å². The fourth-order valence-electron chi connectivity index (χ4n) is 2.57. The van der Waals surface area contributed by atoms with Gasteiger partial charge in [0, 0.05) is 18.8 Å². The van der Waals surface area contributed by atoms with E-state index < -0.39 is 0 Å². The smallest absolute Gasteiger partial charge is 0.238 e. The van der Waals surface area contributed by atoms with Gasteiger partial charge in [-0.05, 0) is 42.7 Å². The second kappa shape index (κ2) is 7.64. The molecule has 1 N–H and O–H groups in total. The summed E-state index contributed by atoms with van der Waals surface area (Å²) < 4.78 is 5.18. The Hall–Kier alpha value is -2.11. The van der Waals surface area contributed by atoms with Crippen LogP contribution in [-0.4, -0.2) is 35.5 Å². The zero-order valence-electron chi connectivity index (χ0n) is 13.5. The third-order valence-electron chi connectivity index (χ3n) is 3.99. The van der Waals surface area contributed by atoms with Crippen molar-refractivity contribution in [3.63, 3.8) is 0 Å². The van der Waals surface area contributed by atoms with Gasteiger partial charge in [-0.15, -0.1) is 0 Å². The van der Waals surface area contributed by atoms with Crippen molar-refractivity contribution < 1.29 is 9.53 Å². The van der Waals surface area contributed by atoms with Crippen LogP contribution >= 0.6 is 11.6 Å².